The van der Waals surface area contributed by atoms with Crippen LogP contribution < -0.4 is 4.74 Å². The summed E-state index contributed by atoms with van der Waals surface area (Å²) in [6.45, 7) is 4.64. The number of imidazole rings is 1. The SMILES string of the molecule is CCCOc1ccc(-c2nc3ccc(Cl)cn3c2C(C)C#N)cc1. The highest BCUT2D eigenvalue weighted by atomic mass is 35.5. The molecule has 0 bridgehead atoms. The lowest BCUT2D eigenvalue weighted by Crippen LogP contribution is -1.99. The Labute approximate surface area is 146 Å². The molecule has 1 unspecified atom stereocenters. The molecule has 5 heteroatoms. The molecular formula is C19H18ClN3O. The largest absolute Gasteiger partial charge is 0.494 e. The van der Waals surface area contributed by atoms with Gasteiger partial charge in [0.1, 0.15) is 11.4 Å². The van der Waals surface area contributed by atoms with Gasteiger partial charge in [0.05, 0.1) is 35.0 Å². The maximum atomic E-state index is 9.40. The van der Waals surface area contributed by atoms with Crippen LogP contribution >= 0.6 is 11.6 Å². The molecule has 1 aromatic carbocycles. The first-order valence-electron chi connectivity index (χ1n) is 7.94. The number of nitrogens with zero attached hydrogens (tertiary/aromatic N) is 3. The van der Waals surface area contributed by atoms with Gasteiger partial charge in [-0.05, 0) is 49.7 Å². The molecule has 24 heavy (non-hydrogen) atoms. The molecule has 0 saturated carbocycles. The molecule has 0 radical (unpaired) electrons. The molecule has 0 aliphatic rings. The van der Waals surface area contributed by atoms with Gasteiger partial charge in [0.25, 0.3) is 0 Å². The van der Waals surface area contributed by atoms with Gasteiger partial charge < -0.3 is 9.14 Å². The molecule has 0 spiro atoms. The van der Waals surface area contributed by atoms with E-state index in [4.69, 9.17) is 21.3 Å². The van der Waals surface area contributed by atoms with Crippen LogP contribution in [0.5, 0.6) is 5.75 Å². The molecule has 0 aliphatic carbocycles. The molecule has 0 fully saturated rings. The average Bonchev–Trinajstić information content (AvgIpc) is 2.98. The lowest BCUT2D eigenvalue weighted by atomic mass is 10.0. The smallest absolute Gasteiger partial charge is 0.137 e. The Morgan fingerprint density at radius 1 is 1.25 bits per heavy atom. The third-order valence-electron chi connectivity index (χ3n) is 3.82. The first-order chi connectivity index (χ1) is 11.6. The first kappa shape index (κ1) is 16.4. The van der Waals surface area contributed by atoms with Crippen molar-refractivity contribution < 1.29 is 4.74 Å². The molecule has 0 N–H and O–H groups in total. The van der Waals surface area contributed by atoms with E-state index in [1.54, 1.807) is 12.3 Å². The number of ether oxygens (including phenoxy) is 1. The number of fused-ring (bicyclic) bond motifs is 1. The summed E-state index contributed by atoms with van der Waals surface area (Å²) in [4.78, 5) is 4.70. The van der Waals surface area contributed by atoms with Crippen LogP contribution in [-0.2, 0) is 0 Å². The van der Waals surface area contributed by atoms with Crippen molar-refractivity contribution in [2.45, 2.75) is 26.2 Å². The second-order valence-corrected chi connectivity index (χ2v) is 6.08. The summed E-state index contributed by atoms with van der Waals surface area (Å²) in [6.07, 6.45) is 2.77. The summed E-state index contributed by atoms with van der Waals surface area (Å²) in [7, 11) is 0. The predicted octanol–water partition coefficient (Wildman–Crippen LogP) is 5.07. The Morgan fingerprint density at radius 3 is 2.67 bits per heavy atom. The molecule has 1 atom stereocenters. The number of pyridine rings is 1. The minimum absolute atomic E-state index is 0.301. The van der Waals surface area contributed by atoms with Crippen LogP contribution in [0.3, 0.4) is 0 Å². The fourth-order valence-electron chi connectivity index (χ4n) is 2.65. The van der Waals surface area contributed by atoms with Gasteiger partial charge >= 0.3 is 0 Å². The van der Waals surface area contributed by atoms with Crippen molar-refractivity contribution in [3.05, 3.63) is 53.3 Å². The van der Waals surface area contributed by atoms with E-state index in [1.165, 1.54) is 0 Å². The average molecular weight is 340 g/mol. The Balaban J connectivity index is 2.10. The van der Waals surface area contributed by atoms with E-state index in [1.807, 2.05) is 41.7 Å². The van der Waals surface area contributed by atoms with Crippen molar-refractivity contribution >= 4 is 17.2 Å². The molecule has 2 aromatic heterocycles. The molecular weight excluding hydrogens is 322 g/mol. The van der Waals surface area contributed by atoms with Crippen molar-refractivity contribution in [2.24, 2.45) is 0 Å². The molecule has 0 amide bonds. The van der Waals surface area contributed by atoms with Crippen molar-refractivity contribution in [1.82, 2.24) is 9.38 Å². The monoisotopic (exact) mass is 339 g/mol. The van der Waals surface area contributed by atoms with Gasteiger partial charge in [0, 0.05) is 11.8 Å². The Morgan fingerprint density at radius 2 is 2.00 bits per heavy atom. The van der Waals surface area contributed by atoms with E-state index in [0.29, 0.717) is 11.6 Å². The Bertz CT molecular complexity index is 893. The van der Waals surface area contributed by atoms with Gasteiger partial charge in [-0.1, -0.05) is 18.5 Å². The van der Waals surface area contributed by atoms with E-state index >= 15 is 0 Å². The summed E-state index contributed by atoms with van der Waals surface area (Å²) >= 11 is 6.12. The van der Waals surface area contributed by atoms with Crippen molar-refractivity contribution in [3.8, 4) is 23.1 Å². The van der Waals surface area contributed by atoms with Crippen LogP contribution in [0.2, 0.25) is 5.02 Å². The van der Waals surface area contributed by atoms with E-state index in [2.05, 4.69) is 13.0 Å². The second kappa shape index (κ2) is 6.94. The summed E-state index contributed by atoms with van der Waals surface area (Å²) in [5.74, 6) is 0.534. The molecule has 4 nitrogen and oxygen atoms in total. The zero-order valence-corrected chi connectivity index (χ0v) is 14.4. The maximum Gasteiger partial charge on any atom is 0.137 e. The van der Waals surface area contributed by atoms with Gasteiger partial charge in [-0.2, -0.15) is 5.26 Å². The zero-order chi connectivity index (χ0) is 17.1. The summed E-state index contributed by atoms with van der Waals surface area (Å²) < 4.78 is 7.52. The van der Waals surface area contributed by atoms with Gasteiger partial charge in [-0.25, -0.2) is 4.98 Å². The summed E-state index contributed by atoms with van der Waals surface area (Å²) in [5, 5.41) is 10.0. The van der Waals surface area contributed by atoms with Crippen LogP contribution in [0.1, 0.15) is 31.9 Å². The number of rotatable bonds is 5. The number of hydrogen-bond donors (Lipinski definition) is 0. The quantitative estimate of drug-likeness (QED) is 0.652. The lowest BCUT2D eigenvalue weighted by molar-refractivity contribution is 0.317. The van der Waals surface area contributed by atoms with Crippen LogP contribution in [0, 0.1) is 11.3 Å². The number of halogens is 1. The van der Waals surface area contributed by atoms with Crippen molar-refractivity contribution in [3.63, 3.8) is 0 Å². The molecule has 2 heterocycles. The summed E-state index contributed by atoms with van der Waals surface area (Å²) in [6, 6.07) is 13.8. The van der Waals surface area contributed by atoms with Gasteiger partial charge in [-0.3, -0.25) is 0 Å². The first-order valence-corrected chi connectivity index (χ1v) is 8.32. The molecule has 0 saturated heterocycles. The normalized spacial score (nSPS) is 12.1. The standard InChI is InChI=1S/C19H18ClN3O/c1-3-10-24-16-7-4-14(5-8-16)18-19(13(2)11-21)23-12-15(20)6-9-17(23)22-18/h4-9,12-13H,3,10H2,1-2H3. The molecule has 3 aromatic rings. The second-order valence-electron chi connectivity index (χ2n) is 5.64. The Hall–Kier alpha value is -2.51. The fraction of sp³-hybridized carbons (Fsp3) is 0.263. The van der Waals surface area contributed by atoms with Gasteiger partial charge in [0.2, 0.25) is 0 Å². The minimum atomic E-state index is -0.301. The number of benzene rings is 1. The van der Waals surface area contributed by atoms with Crippen molar-refractivity contribution in [1.29, 1.82) is 5.26 Å². The molecule has 122 valence electrons. The van der Waals surface area contributed by atoms with Crippen LogP contribution in [0.25, 0.3) is 16.9 Å². The fourth-order valence-corrected chi connectivity index (χ4v) is 2.81. The van der Waals surface area contributed by atoms with E-state index in [9.17, 15) is 5.26 Å². The number of aromatic nitrogens is 2. The maximum absolute atomic E-state index is 9.40. The Kier molecular flexibility index (Phi) is 4.73. The molecule has 3 rings (SSSR count). The highest BCUT2D eigenvalue weighted by Gasteiger charge is 2.19. The van der Waals surface area contributed by atoms with E-state index < -0.39 is 0 Å². The van der Waals surface area contributed by atoms with Crippen LogP contribution in [0.15, 0.2) is 42.6 Å². The molecule has 0 aliphatic heterocycles. The lowest BCUT2D eigenvalue weighted by Gasteiger charge is -2.08. The number of nitriles is 1. The predicted molar refractivity (Wildman–Crippen MR) is 95.5 cm³/mol. The van der Waals surface area contributed by atoms with Gasteiger partial charge in [-0.15, -0.1) is 0 Å². The highest BCUT2D eigenvalue weighted by molar-refractivity contribution is 6.30. The minimum Gasteiger partial charge on any atom is -0.494 e. The zero-order valence-electron chi connectivity index (χ0n) is 13.7. The van der Waals surface area contributed by atoms with E-state index in [0.717, 1.165) is 34.8 Å². The number of hydrogen-bond acceptors (Lipinski definition) is 3. The van der Waals surface area contributed by atoms with Gasteiger partial charge in [0.15, 0.2) is 0 Å². The third-order valence-corrected chi connectivity index (χ3v) is 4.05. The van der Waals surface area contributed by atoms with Crippen LogP contribution in [0.4, 0.5) is 0 Å². The topological polar surface area (TPSA) is 50.3 Å². The van der Waals surface area contributed by atoms with Crippen LogP contribution in [-0.4, -0.2) is 16.0 Å². The highest BCUT2D eigenvalue weighted by Crippen LogP contribution is 2.31. The summed E-state index contributed by atoms with van der Waals surface area (Å²) in [5.41, 5.74) is 3.37. The van der Waals surface area contributed by atoms with Crippen molar-refractivity contribution in [2.75, 3.05) is 6.61 Å². The third kappa shape index (κ3) is 3.08. The van der Waals surface area contributed by atoms with E-state index in [-0.39, 0.29) is 5.92 Å².